The first-order valence-corrected chi connectivity index (χ1v) is 23.3. The quantitative estimate of drug-likeness (QED) is 0.177. The molecule has 6 aliphatic carbocycles. The average Bonchev–Trinajstić information content (AvgIpc) is 3.55. The van der Waals surface area contributed by atoms with Gasteiger partial charge in [-0.3, -0.25) is 19.2 Å². The Kier molecular flexibility index (Phi) is 11.0. The van der Waals surface area contributed by atoms with Gasteiger partial charge >= 0.3 is 11.9 Å². The topological polar surface area (TPSA) is 116 Å². The molecule has 6 saturated carbocycles. The summed E-state index contributed by atoms with van der Waals surface area (Å²) < 4.78 is 6.20. The number of esters is 1. The molecule has 0 bridgehead atoms. The summed E-state index contributed by atoms with van der Waals surface area (Å²) >= 11 is 0. The second-order valence-electron chi connectivity index (χ2n) is 23.4. The number of hydrogen-bond donors (Lipinski definition) is 2. The zero-order valence-corrected chi connectivity index (χ0v) is 38.2. The van der Waals surface area contributed by atoms with Crippen LogP contribution in [0.2, 0.25) is 0 Å². The highest BCUT2D eigenvalue weighted by atomic mass is 16.5. The van der Waals surface area contributed by atoms with Crippen molar-refractivity contribution >= 4 is 23.8 Å². The van der Waals surface area contributed by atoms with Gasteiger partial charge in [0, 0.05) is 43.6 Å². The molecule has 0 radical (unpaired) electrons. The number of carboxylic acid groups (broad SMARTS) is 1. The van der Waals surface area contributed by atoms with Crippen molar-refractivity contribution in [3.63, 3.8) is 0 Å². The fourth-order valence-corrected chi connectivity index (χ4v) is 15.8. The smallest absolute Gasteiger partial charge is 0.309 e. The first-order chi connectivity index (χ1) is 26.9. The van der Waals surface area contributed by atoms with Gasteiger partial charge in [0.25, 0.3) is 0 Å². The van der Waals surface area contributed by atoms with Crippen LogP contribution in [0.25, 0.3) is 0 Å². The van der Waals surface area contributed by atoms with E-state index in [0.29, 0.717) is 23.7 Å². The van der Waals surface area contributed by atoms with Crippen LogP contribution in [-0.4, -0.2) is 83.5 Å². The maximum atomic E-state index is 15.1. The van der Waals surface area contributed by atoms with E-state index < -0.39 is 22.8 Å². The minimum absolute atomic E-state index is 0.00277. The highest BCUT2D eigenvalue weighted by Crippen LogP contribution is 2.77. The van der Waals surface area contributed by atoms with Crippen molar-refractivity contribution in [2.24, 2.45) is 73.4 Å². The van der Waals surface area contributed by atoms with E-state index in [4.69, 9.17) is 4.74 Å². The number of rotatable bonds is 9. The molecule has 7 rings (SSSR count). The van der Waals surface area contributed by atoms with Crippen LogP contribution in [0.4, 0.5) is 0 Å². The standard InChI is InChI=1S/C49H79N3O6/c1-13-51-24-26-52(27-25-51)40(54)33-28-36(44(33,6)7)50-41(55)49-21-16-31(30(2)3)39(49)32-14-15-35-46(10)19-18-37(58-38(53)29-43(4,5)42(56)57)45(8,9)34(46)17-20-48(35,12)47(32,11)22-23-49/h31-37,39H,2,13-29H2,1,3-12H3,(H,50,55)(H,56,57)/t31-,32+,33+,34-,35+,36+,37-,39+,46-,47+,48?,49-/m0/s1. The molecule has 9 nitrogen and oxygen atoms in total. The molecule has 9 heteroatoms. The lowest BCUT2D eigenvalue weighted by Crippen LogP contribution is -2.68. The predicted molar refractivity (Wildman–Crippen MR) is 227 cm³/mol. The average molecular weight is 806 g/mol. The first-order valence-electron chi connectivity index (χ1n) is 23.3. The van der Waals surface area contributed by atoms with E-state index in [9.17, 15) is 19.5 Å². The van der Waals surface area contributed by atoms with Crippen LogP contribution in [0.3, 0.4) is 0 Å². The van der Waals surface area contributed by atoms with Crippen LogP contribution in [0.1, 0.15) is 153 Å². The second-order valence-corrected chi connectivity index (χ2v) is 23.4. The van der Waals surface area contributed by atoms with Crippen LogP contribution in [0.15, 0.2) is 12.2 Å². The molecule has 7 fully saturated rings. The highest BCUT2D eigenvalue weighted by molar-refractivity contribution is 5.86. The Balaban J connectivity index is 1.08. The monoisotopic (exact) mass is 806 g/mol. The van der Waals surface area contributed by atoms with Crippen molar-refractivity contribution < 1.29 is 29.0 Å². The summed E-state index contributed by atoms with van der Waals surface area (Å²) in [7, 11) is 0. The summed E-state index contributed by atoms with van der Waals surface area (Å²) in [4.78, 5) is 58.3. The molecule has 1 aliphatic heterocycles. The van der Waals surface area contributed by atoms with Crippen LogP contribution in [0.5, 0.6) is 0 Å². The van der Waals surface area contributed by atoms with Crippen molar-refractivity contribution in [2.75, 3.05) is 32.7 Å². The van der Waals surface area contributed by atoms with Crippen LogP contribution < -0.4 is 5.32 Å². The molecule has 1 unspecified atom stereocenters. The van der Waals surface area contributed by atoms with E-state index in [1.165, 1.54) is 5.57 Å². The Labute approximate surface area is 350 Å². The molecule has 1 saturated heterocycles. The van der Waals surface area contributed by atoms with Gasteiger partial charge in [-0.1, -0.05) is 67.5 Å². The summed E-state index contributed by atoms with van der Waals surface area (Å²) in [6, 6.07) is 0.00277. The van der Waals surface area contributed by atoms with Gasteiger partial charge in [-0.25, -0.2) is 0 Å². The lowest BCUT2D eigenvalue weighted by atomic mass is 9.32. The summed E-state index contributed by atoms with van der Waals surface area (Å²) in [5.74, 6) is 1.03. The van der Waals surface area contributed by atoms with Crippen molar-refractivity contribution in [1.82, 2.24) is 15.1 Å². The number of fused-ring (bicyclic) bond motifs is 7. The van der Waals surface area contributed by atoms with Gasteiger partial charge in [-0.05, 0) is 149 Å². The van der Waals surface area contributed by atoms with E-state index in [2.05, 4.69) is 84.0 Å². The van der Waals surface area contributed by atoms with Crippen molar-refractivity contribution in [1.29, 1.82) is 0 Å². The van der Waals surface area contributed by atoms with Crippen molar-refractivity contribution in [2.45, 2.75) is 165 Å². The predicted octanol–water partition coefficient (Wildman–Crippen LogP) is 8.75. The number of hydrogen-bond acceptors (Lipinski definition) is 6. The van der Waals surface area contributed by atoms with Crippen LogP contribution >= 0.6 is 0 Å². The van der Waals surface area contributed by atoms with Gasteiger partial charge in [-0.2, -0.15) is 0 Å². The fourth-order valence-electron chi connectivity index (χ4n) is 15.8. The Morgan fingerprint density at radius 3 is 2.09 bits per heavy atom. The maximum absolute atomic E-state index is 15.1. The number of nitrogens with zero attached hydrogens (tertiary/aromatic N) is 2. The van der Waals surface area contributed by atoms with Gasteiger partial charge in [0.1, 0.15) is 6.10 Å². The minimum atomic E-state index is -1.16. The molecule has 0 aromatic heterocycles. The Bertz CT molecular complexity index is 1680. The van der Waals surface area contributed by atoms with Crippen molar-refractivity contribution in [3.8, 4) is 0 Å². The van der Waals surface area contributed by atoms with E-state index >= 15 is 4.79 Å². The molecular formula is C49H79N3O6. The largest absolute Gasteiger partial charge is 0.481 e. The molecule has 0 spiro atoms. The summed E-state index contributed by atoms with van der Waals surface area (Å²) in [6.45, 7) is 33.4. The third-order valence-corrected chi connectivity index (χ3v) is 19.9. The lowest BCUT2D eigenvalue weighted by Gasteiger charge is -2.73. The number of ether oxygens (including phenoxy) is 1. The highest BCUT2D eigenvalue weighted by Gasteiger charge is 2.72. The van der Waals surface area contributed by atoms with E-state index in [0.717, 1.165) is 103 Å². The van der Waals surface area contributed by atoms with Crippen molar-refractivity contribution in [3.05, 3.63) is 12.2 Å². The Morgan fingerprint density at radius 2 is 1.48 bits per heavy atom. The Hall–Kier alpha value is -2.42. The zero-order valence-electron chi connectivity index (χ0n) is 38.2. The SMILES string of the molecule is C=C(C)[C@@H]1CC[C@]2(C(=O)N[C@@H]3C[C@H](C(=O)N4CCN(CC)CC4)C3(C)C)CC[C@]3(C)[C@H](CC[C@H]4C3(C)CC[C@H]3C(C)(C)[C@@H](OC(=O)CC(C)(C)C(=O)O)CC[C@@]34C)[C@@H]12. The van der Waals surface area contributed by atoms with Gasteiger partial charge in [0.15, 0.2) is 0 Å². The molecular weight excluding hydrogens is 727 g/mol. The van der Waals surface area contributed by atoms with E-state index in [1.54, 1.807) is 13.8 Å². The molecule has 0 aromatic carbocycles. The van der Waals surface area contributed by atoms with Gasteiger partial charge in [0.05, 0.1) is 17.3 Å². The first kappa shape index (κ1) is 43.7. The summed E-state index contributed by atoms with van der Waals surface area (Å²) in [5, 5.41) is 13.3. The third kappa shape index (κ3) is 6.45. The number of carbonyl (C=O) groups excluding carboxylic acids is 3. The summed E-state index contributed by atoms with van der Waals surface area (Å²) in [6.07, 6.45) is 10.6. The Morgan fingerprint density at radius 1 is 0.810 bits per heavy atom. The number of piperazine rings is 1. The number of likely N-dealkylation sites (N-methyl/N-ethyl adjacent to an activating group) is 1. The molecule has 58 heavy (non-hydrogen) atoms. The molecule has 0 aromatic rings. The number of aliphatic carboxylic acids is 1. The van der Waals surface area contributed by atoms with E-state index in [-0.39, 0.29) is 69.3 Å². The third-order valence-electron chi connectivity index (χ3n) is 19.9. The maximum Gasteiger partial charge on any atom is 0.309 e. The fraction of sp³-hybridized carbons (Fsp3) is 0.878. The number of allylic oxidation sites excluding steroid dienone is 1. The number of amides is 2. The zero-order chi connectivity index (χ0) is 42.6. The molecule has 7 aliphatic rings. The molecule has 2 N–H and O–H groups in total. The van der Waals surface area contributed by atoms with Crippen LogP contribution in [-0.2, 0) is 23.9 Å². The summed E-state index contributed by atoms with van der Waals surface area (Å²) in [5.41, 5.74) is -0.552. The van der Waals surface area contributed by atoms with E-state index in [1.807, 2.05) is 0 Å². The molecule has 2 amide bonds. The molecule has 12 atom stereocenters. The van der Waals surface area contributed by atoms with Gasteiger partial charge in [-0.15, -0.1) is 0 Å². The molecule has 326 valence electrons. The minimum Gasteiger partial charge on any atom is -0.481 e. The molecule has 1 heterocycles. The second kappa shape index (κ2) is 14.6. The van der Waals surface area contributed by atoms with Crippen LogP contribution in [0, 0.1) is 73.4 Å². The van der Waals surface area contributed by atoms with Gasteiger partial charge in [0.2, 0.25) is 11.8 Å². The lowest BCUT2D eigenvalue weighted by molar-refractivity contribution is -0.249. The number of carbonyl (C=O) groups is 4. The van der Waals surface area contributed by atoms with Gasteiger partial charge < -0.3 is 25.0 Å². The number of nitrogens with one attached hydrogen (secondary N) is 1. The number of carboxylic acids is 1. The normalized spacial score (nSPS) is 43.1.